The normalized spacial score (nSPS) is 10.2. The second-order valence-corrected chi connectivity index (χ2v) is 5.06. The van der Waals surface area contributed by atoms with Crippen LogP contribution in [0.5, 0.6) is 0 Å². The van der Waals surface area contributed by atoms with Gasteiger partial charge in [0.05, 0.1) is 5.56 Å². The molecule has 0 aliphatic heterocycles. The van der Waals surface area contributed by atoms with Crippen molar-refractivity contribution in [3.05, 3.63) is 63.0 Å². The Morgan fingerprint density at radius 1 is 1.22 bits per heavy atom. The molecule has 92 valence electrons. The maximum Gasteiger partial charge on any atom is 0.256 e. The van der Waals surface area contributed by atoms with Gasteiger partial charge in [-0.15, -0.1) is 0 Å². The summed E-state index contributed by atoms with van der Waals surface area (Å²) in [5.41, 5.74) is 1.94. The predicted octanol–water partition coefficient (Wildman–Crippen LogP) is 3.99. The van der Waals surface area contributed by atoms with Gasteiger partial charge in [-0.25, -0.2) is 4.39 Å². The molecule has 2 rings (SSSR count). The van der Waals surface area contributed by atoms with Crippen molar-refractivity contribution in [1.82, 2.24) is 0 Å². The van der Waals surface area contributed by atoms with Crippen molar-refractivity contribution in [2.24, 2.45) is 0 Å². The van der Waals surface area contributed by atoms with E-state index in [1.165, 1.54) is 12.1 Å². The van der Waals surface area contributed by atoms with Gasteiger partial charge in [-0.2, -0.15) is 0 Å². The summed E-state index contributed by atoms with van der Waals surface area (Å²) in [5, 5.41) is 2.78. The summed E-state index contributed by atoms with van der Waals surface area (Å²) < 4.78 is 13.8. The number of nitrogens with one attached hydrogen (secondary N) is 1. The summed E-state index contributed by atoms with van der Waals surface area (Å²) in [6.07, 6.45) is 0. The lowest BCUT2D eigenvalue weighted by Crippen LogP contribution is -2.14. The van der Waals surface area contributed by atoms with Crippen molar-refractivity contribution in [2.75, 3.05) is 5.32 Å². The number of hydrogen-bond donors (Lipinski definition) is 1. The Labute approximate surface area is 118 Å². The number of anilines is 1. The third-order valence-electron chi connectivity index (χ3n) is 2.56. The van der Waals surface area contributed by atoms with E-state index >= 15 is 0 Å². The Morgan fingerprint density at radius 3 is 2.61 bits per heavy atom. The first-order valence-corrected chi connectivity index (χ1v) is 6.48. The van der Waals surface area contributed by atoms with Crippen molar-refractivity contribution >= 4 is 34.2 Å². The molecule has 0 bridgehead atoms. The van der Waals surface area contributed by atoms with Gasteiger partial charge in [-0.1, -0.05) is 12.1 Å². The third kappa shape index (κ3) is 2.87. The third-order valence-corrected chi connectivity index (χ3v) is 3.50. The fraction of sp³-hybridized carbons (Fsp3) is 0.0714. The van der Waals surface area contributed by atoms with Crippen LogP contribution < -0.4 is 5.32 Å². The first-order chi connectivity index (χ1) is 8.58. The average Bonchev–Trinajstić information content (AvgIpc) is 2.33. The number of rotatable bonds is 2. The van der Waals surface area contributed by atoms with Crippen LogP contribution in [-0.2, 0) is 0 Å². The molecule has 2 nitrogen and oxygen atoms in total. The van der Waals surface area contributed by atoms with Crippen molar-refractivity contribution < 1.29 is 9.18 Å². The predicted molar refractivity (Wildman–Crippen MR) is 78.2 cm³/mol. The summed E-state index contributed by atoms with van der Waals surface area (Å²) in [7, 11) is 0. The van der Waals surface area contributed by atoms with Crippen molar-refractivity contribution in [3.8, 4) is 0 Å². The van der Waals surface area contributed by atoms with Crippen LogP contribution in [0.15, 0.2) is 42.5 Å². The molecule has 0 saturated carbocycles. The van der Waals surface area contributed by atoms with Crippen LogP contribution in [0.3, 0.4) is 0 Å². The van der Waals surface area contributed by atoms with Gasteiger partial charge in [-0.3, -0.25) is 4.79 Å². The summed E-state index contributed by atoms with van der Waals surface area (Å²) in [6, 6.07) is 11.6. The van der Waals surface area contributed by atoms with Gasteiger partial charge < -0.3 is 5.32 Å². The number of hydrogen-bond acceptors (Lipinski definition) is 1. The summed E-state index contributed by atoms with van der Waals surface area (Å²) in [5.74, 6) is -0.491. The van der Waals surface area contributed by atoms with Crippen LogP contribution in [0.1, 0.15) is 15.9 Å². The van der Waals surface area contributed by atoms with Crippen molar-refractivity contribution in [1.29, 1.82) is 0 Å². The van der Waals surface area contributed by atoms with E-state index in [0.717, 1.165) is 3.57 Å². The highest BCUT2D eigenvalue weighted by molar-refractivity contribution is 14.1. The molecule has 18 heavy (non-hydrogen) atoms. The maximum absolute atomic E-state index is 13.0. The van der Waals surface area contributed by atoms with E-state index in [0.29, 0.717) is 16.8 Å². The molecule has 4 heteroatoms. The molecule has 0 unspecified atom stereocenters. The monoisotopic (exact) mass is 355 g/mol. The second kappa shape index (κ2) is 5.48. The van der Waals surface area contributed by atoms with E-state index in [1.807, 2.05) is 18.2 Å². The Balaban J connectivity index is 2.24. The molecule has 0 spiro atoms. The van der Waals surface area contributed by atoms with Gasteiger partial charge in [0.25, 0.3) is 5.91 Å². The summed E-state index contributed by atoms with van der Waals surface area (Å²) in [6.45, 7) is 1.76. The van der Waals surface area contributed by atoms with E-state index < -0.39 is 0 Å². The SMILES string of the molecule is Cc1cc(F)ccc1NC(=O)c1ccccc1I. The van der Waals surface area contributed by atoms with E-state index in [-0.39, 0.29) is 11.7 Å². The first-order valence-electron chi connectivity index (χ1n) is 5.40. The zero-order valence-electron chi connectivity index (χ0n) is 9.71. The summed E-state index contributed by atoms with van der Waals surface area (Å²) >= 11 is 2.11. The Bertz CT molecular complexity index is 598. The molecule has 0 heterocycles. The lowest BCUT2D eigenvalue weighted by molar-refractivity contribution is 0.102. The van der Waals surface area contributed by atoms with Gasteiger partial charge in [0.15, 0.2) is 0 Å². The van der Waals surface area contributed by atoms with E-state index in [9.17, 15) is 9.18 Å². The molecule has 2 aromatic rings. The molecule has 2 aromatic carbocycles. The van der Waals surface area contributed by atoms with Gasteiger partial charge in [-0.05, 0) is 65.4 Å². The molecule has 0 radical (unpaired) electrons. The van der Waals surface area contributed by atoms with Crippen LogP contribution in [-0.4, -0.2) is 5.91 Å². The van der Waals surface area contributed by atoms with Crippen molar-refractivity contribution in [2.45, 2.75) is 6.92 Å². The number of carbonyl (C=O) groups excluding carboxylic acids is 1. The van der Waals surface area contributed by atoms with Gasteiger partial charge in [0.1, 0.15) is 5.82 Å². The standard InChI is InChI=1S/C14H11FINO/c1-9-8-10(15)6-7-13(9)17-14(18)11-4-2-3-5-12(11)16/h2-8H,1H3,(H,17,18). The zero-order valence-corrected chi connectivity index (χ0v) is 11.9. The second-order valence-electron chi connectivity index (χ2n) is 3.89. The molecule has 0 aliphatic carbocycles. The summed E-state index contributed by atoms with van der Waals surface area (Å²) in [4.78, 5) is 12.1. The van der Waals surface area contributed by atoms with Crippen LogP contribution in [0.4, 0.5) is 10.1 Å². The van der Waals surface area contributed by atoms with Crippen molar-refractivity contribution in [3.63, 3.8) is 0 Å². The van der Waals surface area contributed by atoms with Crippen LogP contribution >= 0.6 is 22.6 Å². The zero-order chi connectivity index (χ0) is 13.1. The Morgan fingerprint density at radius 2 is 1.94 bits per heavy atom. The minimum absolute atomic E-state index is 0.185. The molecule has 1 N–H and O–H groups in total. The minimum Gasteiger partial charge on any atom is -0.322 e. The first kappa shape index (κ1) is 13.0. The highest BCUT2D eigenvalue weighted by Crippen LogP contribution is 2.18. The van der Waals surface area contributed by atoms with Crippen LogP contribution in [0, 0.1) is 16.3 Å². The number of carbonyl (C=O) groups is 1. The molecule has 0 fully saturated rings. The lowest BCUT2D eigenvalue weighted by Gasteiger charge is -2.09. The number of benzene rings is 2. The van der Waals surface area contributed by atoms with E-state index in [4.69, 9.17) is 0 Å². The van der Waals surface area contributed by atoms with Gasteiger partial charge in [0.2, 0.25) is 0 Å². The largest absolute Gasteiger partial charge is 0.322 e. The molecular weight excluding hydrogens is 344 g/mol. The van der Waals surface area contributed by atoms with Crippen LogP contribution in [0.2, 0.25) is 0 Å². The lowest BCUT2D eigenvalue weighted by atomic mass is 10.1. The minimum atomic E-state index is -0.306. The number of amides is 1. The molecule has 0 aromatic heterocycles. The van der Waals surface area contributed by atoms with E-state index in [2.05, 4.69) is 27.9 Å². The topological polar surface area (TPSA) is 29.1 Å². The van der Waals surface area contributed by atoms with Gasteiger partial charge in [0, 0.05) is 9.26 Å². The highest BCUT2D eigenvalue weighted by atomic mass is 127. The molecule has 0 saturated heterocycles. The molecule has 0 aliphatic rings. The fourth-order valence-electron chi connectivity index (χ4n) is 1.60. The smallest absolute Gasteiger partial charge is 0.256 e. The van der Waals surface area contributed by atoms with E-state index in [1.54, 1.807) is 19.1 Å². The Hall–Kier alpha value is -1.43. The molecular formula is C14H11FINO. The maximum atomic E-state index is 13.0. The average molecular weight is 355 g/mol. The molecule has 0 atom stereocenters. The fourth-order valence-corrected chi connectivity index (χ4v) is 2.23. The Kier molecular flexibility index (Phi) is 3.96. The number of halogens is 2. The van der Waals surface area contributed by atoms with Crippen LogP contribution in [0.25, 0.3) is 0 Å². The number of aryl methyl sites for hydroxylation is 1. The van der Waals surface area contributed by atoms with Gasteiger partial charge >= 0.3 is 0 Å². The molecule has 1 amide bonds. The highest BCUT2D eigenvalue weighted by Gasteiger charge is 2.10. The quantitative estimate of drug-likeness (QED) is 0.811.